The molecule has 2 heterocycles. The third kappa shape index (κ3) is 4.17. The molecule has 0 fully saturated rings. The summed E-state index contributed by atoms with van der Waals surface area (Å²) in [4.78, 5) is 12.1. The molecule has 0 atom stereocenters. The Balaban J connectivity index is 1.44. The largest absolute Gasteiger partial charge is 0.337 e. The summed E-state index contributed by atoms with van der Waals surface area (Å²) in [6.45, 7) is 1.45. The SMILES string of the molecule is CN(Cc1ccc(S(N)(=O)=O)cc1)Cc1ccc2c(c1)Nc1nccnc1S2. The van der Waals surface area contributed by atoms with Gasteiger partial charge in [0.2, 0.25) is 10.0 Å². The molecule has 144 valence electrons. The standard InChI is InChI=1S/C19H19N5O2S2/c1-24(11-13-2-5-15(6-3-13)28(20,25)26)12-14-4-7-17-16(10-14)23-18-19(27-17)22-9-8-21-18/h2-10H,11-12H2,1H3,(H,21,23)(H2,20,25,26). The molecule has 7 nitrogen and oxygen atoms in total. The monoisotopic (exact) mass is 413 g/mol. The van der Waals surface area contributed by atoms with E-state index in [4.69, 9.17) is 5.14 Å². The van der Waals surface area contributed by atoms with E-state index in [1.54, 1.807) is 36.3 Å². The quantitative estimate of drug-likeness (QED) is 0.519. The fourth-order valence-electron chi connectivity index (χ4n) is 3.04. The fourth-order valence-corrected chi connectivity index (χ4v) is 4.44. The minimum absolute atomic E-state index is 0.126. The van der Waals surface area contributed by atoms with Gasteiger partial charge in [0.05, 0.1) is 10.6 Å². The van der Waals surface area contributed by atoms with Crippen molar-refractivity contribution >= 4 is 33.3 Å². The van der Waals surface area contributed by atoms with Gasteiger partial charge in [0.15, 0.2) is 5.82 Å². The minimum atomic E-state index is -3.66. The summed E-state index contributed by atoms with van der Waals surface area (Å²) in [5.74, 6) is 0.778. The van der Waals surface area contributed by atoms with Crippen molar-refractivity contribution in [2.75, 3.05) is 12.4 Å². The molecule has 0 saturated heterocycles. The molecule has 1 aliphatic heterocycles. The van der Waals surface area contributed by atoms with E-state index in [1.807, 2.05) is 7.05 Å². The van der Waals surface area contributed by atoms with Crippen LogP contribution in [0.25, 0.3) is 0 Å². The lowest BCUT2D eigenvalue weighted by atomic mass is 10.1. The van der Waals surface area contributed by atoms with Crippen LogP contribution in [0.15, 0.2) is 69.7 Å². The molecule has 0 radical (unpaired) electrons. The van der Waals surface area contributed by atoms with Crippen molar-refractivity contribution in [3.63, 3.8) is 0 Å². The highest BCUT2D eigenvalue weighted by Crippen LogP contribution is 2.42. The Morgan fingerprint density at radius 1 is 1.04 bits per heavy atom. The molecule has 4 rings (SSSR count). The number of hydrogen-bond acceptors (Lipinski definition) is 7. The summed E-state index contributed by atoms with van der Waals surface area (Å²) in [6, 6.07) is 13.0. The Kier molecular flexibility index (Phi) is 5.07. The van der Waals surface area contributed by atoms with Crippen LogP contribution >= 0.6 is 11.8 Å². The van der Waals surface area contributed by atoms with Crippen LogP contribution in [0.3, 0.4) is 0 Å². The van der Waals surface area contributed by atoms with E-state index in [0.29, 0.717) is 6.54 Å². The van der Waals surface area contributed by atoms with Gasteiger partial charge >= 0.3 is 0 Å². The maximum Gasteiger partial charge on any atom is 0.238 e. The van der Waals surface area contributed by atoms with Crippen LogP contribution in [0.2, 0.25) is 0 Å². The summed E-state index contributed by atoms with van der Waals surface area (Å²) in [5, 5.41) is 9.36. The summed E-state index contributed by atoms with van der Waals surface area (Å²) >= 11 is 1.61. The molecule has 0 spiro atoms. The molecule has 3 N–H and O–H groups in total. The normalized spacial score (nSPS) is 13.0. The second-order valence-corrected chi connectivity index (χ2v) is 9.22. The first-order valence-electron chi connectivity index (χ1n) is 8.57. The van der Waals surface area contributed by atoms with Crippen LogP contribution < -0.4 is 10.5 Å². The van der Waals surface area contributed by atoms with Gasteiger partial charge in [0, 0.05) is 30.4 Å². The minimum Gasteiger partial charge on any atom is -0.337 e. The molecule has 3 aromatic rings. The number of nitrogens with one attached hydrogen (secondary N) is 1. The van der Waals surface area contributed by atoms with E-state index in [2.05, 4.69) is 38.4 Å². The summed E-state index contributed by atoms with van der Waals surface area (Å²) < 4.78 is 22.7. The summed E-state index contributed by atoms with van der Waals surface area (Å²) in [7, 11) is -1.63. The van der Waals surface area contributed by atoms with Crippen LogP contribution in [0, 0.1) is 0 Å². The van der Waals surface area contributed by atoms with Gasteiger partial charge in [-0.2, -0.15) is 0 Å². The van der Waals surface area contributed by atoms with Crippen molar-refractivity contribution in [1.29, 1.82) is 0 Å². The molecule has 0 unspecified atom stereocenters. The molecule has 0 aliphatic carbocycles. The number of anilines is 2. The molecular formula is C19H19N5O2S2. The average molecular weight is 414 g/mol. The molecule has 28 heavy (non-hydrogen) atoms. The van der Waals surface area contributed by atoms with Gasteiger partial charge in [-0.3, -0.25) is 4.90 Å². The smallest absolute Gasteiger partial charge is 0.238 e. The van der Waals surface area contributed by atoms with Crippen LogP contribution in [-0.4, -0.2) is 30.3 Å². The molecule has 2 aromatic carbocycles. The number of aromatic nitrogens is 2. The Hall–Kier alpha value is -2.46. The molecule has 9 heteroatoms. The van der Waals surface area contributed by atoms with Gasteiger partial charge < -0.3 is 5.32 Å². The fraction of sp³-hybridized carbons (Fsp3) is 0.158. The second kappa shape index (κ2) is 7.51. The van der Waals surface area contributed by atoms with Gasteiger partial charge in [-0.05, 0) is 42.4 Å². The zero-order chi connectivity index (χ0) is 19.7. The van der Waals surface area contributed by atoms with Crippen LogP contribution in [0.5, 0.6) is 0 Å². The van der Waals surface area contributed by atoms with E-state index in [9.17, 15) is 8.42 Å². The number of fused-ring (bicyclic) bond motifs is 2. The van der Waals surface area contributed by atoms with E-state index in [1.165, 1.54) is 17.7 Å². The van der Waals surface area contributed by atoms with Crippen LogP contribution in [0.4, 0.5) is 11.5 Å². The maximum absolute atomic E-state index is 11.4. The van der Waals surface area contributed by atoms with Crippen LogP contribution in [-0.2, 0) is 23.1 Å². The van der Waals surface area contributed by atoms with Crippen molar-refractivity contribution < 1.29 is 8.42 Å². The van der Waals surface area contributed by atoms with Crippen molar-refractivity contribution in [2.24, 2.45) is 5.14 Å². The Labute approximate surface area is 168 Å². The number of primary sulfonamides is 1. The van der Waals surface area contributed by atoms with Gasteiger partial charge in [-0.25, -0.2) is 23.5 Å². The molecule has 0 bridgehead atoms. The number of nitrogens with two attached hydrogens (primary N) is 1. The first-order chi connectivity index (χ1) is 13.4. The van der Waals surface area contributed by atoms with Gasteiger partial charge in [0.25, 0.3) is 0 Å². The Morgan fingerprint density at radius 3 is 2.46 bits per heavy atom. The van der Waals surface area contributed by atoms with E-state index < -0.39 is 10.0 Å². The predicted octanol–water partition coefficient (Wildman–Crippen LogP) is 2.96. The number of benzene rings is 2. The molecule has 1 aliphatic rings. The molecule has 0 saturated carbocycles. The van der Waals surface area contributed by atoms with E-state index in [-0.39, 0.29) is 4.90 Å². The first kappa shape index (κ1) is 18.9. The van der Waals surface area contributed by atoms with Crippen molar-refractivity contribution in [1.82, 2.24) is 14.9 Å². The Bertz CT molecular complexity index is 1120. The van der Waals surface area contributed by atoms with Crippen LogP contribution in [0.1, 0.15) is 11.1 Å². The zero-order valence-electron chi connectivity index (χ0n) is 15.2. The highest BCUT2D eigenvalue weighted by atomic mass is 32.2. The number of hydrogen-bond donors (Lipinski definition) is 2. The average Bonchev–Trinajstić information content (AvgIpc) is 2.66. The Morgan fingerprint density at radius 2 is 1.71 bits per heavy atom. The third-order valence-electron chi connectivity index (χ3n) is 4.33. The van der Waals surface area contributed by atoms with Crippen molar-refractivity contribution in [3.05, 3.63) is 66.0 Å². The maximum atomic E-state index is 11.4. The highest BCUT2D eigenvalue weighted by Gasteiger charge is 2.18. The topological polar surface area (TPSA) is 101 Å². The molecule has 0 amide bonds. The number of sulfonamides is 1. The lowest BCUT2D eigenvalue weighted by molar-refractivity contribution is 0.319. The second-order valence-electron chi connectivity index (χ2n) is 6.63. The van der Waals surface area contributed by atoms with E-state index in [0.717, 1.165) is 33.5 Å². The predicted molar refractivity (Wildman–Crippen MR) is 109 cm³/mol. The first-order valence-corrected chi connectivity index (χ1v) is 10.9. The molecular weight excluding hydrogens is 394 g/mol. The molecule has 1 aromatic heterocycles. The number of rotatable bonds is 5. The third-order valence-corrected chi connectivity index (χ3v) is 6.32. The van der Waals surface area contributed by atoms with Gasteiger partial charge in [-0.1, -0.05) is 30.0 Å². The summed E-state index contributed by atoms with van der Waals surface area (Å²) in [6.07, 6.45) is 3.37. The lowest BCUT2D eigenvalue weighted by Gasteiger charge is -2.21. The zero-order valence-corrected chi connectivity index (χ0v) is 16.8. The van der Waals surface area contributed by atoms with Gasteiger partial charge in [-0.15, -0.1) is 0 Å². The summed E-state index contributed by atoms with van der Waals surface area (Å²) in [5.41, 5.74) is 3.22. The number of nitrogens with zero attached hydrogens (tertiary/aromatic N) is 3. The highest BCUT2D eigenvalue weighted by molar-refractivity contribution is 7.99. The van der Waals surface area contributed by atoms with E-state index >= 15 is 0 Å². The van der Waals surface area contributed by atoms with Crippen molar-refractivity contribution in [2.45, 2.75) is 27.9 Å². The van der Waals surface area contributed by atoms with Gasteiger partial charge in [0.1, 0.15) is 5.03 Å². The lowest BCUT2D eigenvalue weighted by Crippen LogP contribution is -2.18. The van der Waals surface area contributed by atoms with Crippen molar-refractivity contribution in [3.8, 4) is 0 Å².